The van der Waals surface area contributed by atoms with Crippen LogP contribution in [0.25, 0.3) is 11.4 Å². The predicted molar refractivity (Wildman–Crippen MR) is 83.7 cm³/mol. The van der Waals surface area contributed by atoms with Gasteiger partial charge in [-0.25, -0.2) is 14.4 Å². The summed E-state index contributed by atoms with van der Waals surface area (Å²) in [6, 6.07) is 5.38. The zero-order chi connectivity index (χ0) is 14.7. The molecule has 0 bridgehead atoms. The van der Waals surface area contributed by atoms with E-state index < -0.39 is 5.82 Å². The van der Waals surface area contributed by atoms with E-state index in [0.29, 0.717) is 23.1 Å². The lowest BCUT2D eigenvalue weighted by molar-refractivity contribution is 0.605. The Labute approximate surface area is 130 Å². The van der Waals surface area contributed by atoms with E-state index in [2.05, 4.69) is 31.2 Å². The lowest BCUT2D eigenvalue weighted by atomic mass is 10.2. The molecule has 2 aromatic rings. The summed E-state index contributed by atoms with van der Waals surface area (Å²) in [5.41, 5.74) is 1.10. The van der Waals surface area contributed by atoms with Crippen LogP contribution in [0.15, 0.2) is 22.7 Å². The van der Waals surface area contributed by atoms with E-state index in [0.717, 1.165) is 16.5 Å². The molecule has 6 heteroatoms. The molecule has 2 rings (SSSR count). The van der Waals surface area contributed by atoms with Crippen LogP contribution in [0.1, 0.15) is 19.0 Å². The van der Waals surface area contributed by atoms with Gasteiger partial charge in [0.25, 0.3) is 0 Å². The number of aryl methyl sites for hydroxylation is 1. The van der Waals surface area contributed by atoms with Crippen LogP contribution in [0.3, 0.4) is 0 Å². The summed E-state index contributed by atoms with van der Waals surface area (Å²) in [5, 5.41) is 3.58. The minimum atomic E-state index is -0.407. The number of aromatic nitrogens is 2. The molecule has 0 saturated carbocycles. The highest BCUT2D eigenvalue weighted by Crippen LogP contribution is 2.28. The molecule has 106 valence electrons. The predicted octanol–water partition coefficient (Wildman–Crippen LogP) is 4.83. The van der Waals surface area contributed by atoms with Gasteiger partial charge in [-0.2, -0.15) is 0 Å². The van der Waals surface area contributed by atoms with Gasteiger partial charge in [-0.15, -0.1) is 0 Å². The smallest absolute Gasteiger partial charge is 0.186 e. The molecule has 0 aliphatic rings. The molecule has 1 aromatic heterocycles. The van der Waals surface area contributed by atoms with Crippen LogP contribution >= 0.6 is 27.5 Å². The molecule has 0 amide bonds. The highest BCUT2D eigenvalue weighted by Gasteiger charge is 2.13. The number of hydrogen-bond acceptors (Lipinski definition) is 3. The fraction of sp³-hybridized carbons (Fsp3) is 0.286. The molecule has 0 unspecified atom stereocenters. The van der Waals surface area contributed by atoms with Gasteiger partial charge in [0.2, 0.25) is 0 Å². The first-order chi connectivity index (χ1) is 9.52. The Morgan fingerprint density at radius 1 is 1.35 bits per heavy atom. The summed E-state index contributed by atoms with van der Waals surface area (Å²) < 4.78 is 14.7. The first kappa shape index (κ1) is 15.2. The Hall–Kier alpha value is -1.20. The first-order valence-electron chi connectivity index (χ1n) is 6.26. The Morgan fingerprint density at radius 2 is 2.10 bits per heavy atom. The van der Waals surface area contributed by atoms with E-state index in [1.54, 1.807) is 13.0 Å². The average Bonchev–Trinajstić information content (AvgIpc) is 2.43. The maximum Gasteiger partial charge on any atom is 0.186 e. The number of hydrogen-bond donors (Lipinski definition) is 1. The largest absolute Gasteiger partial charge is 0.368 e. The fourth-order valence-electron chi connectivity index (χ4n) is 1.68. The van der Waals surface area contributed by atoms with Crippen LogP contribution in [0.4, 0.5) is 10.2 Å². The number of benzene rings is 1. The topological polar surface area (TPSA) is 37.8 Å². The van der Waals surface area contributed by atoms with Crippen molar-refractivity contribution in [2.75, 3.05) is 11.9 Å². The van der Waals surface area contributed by atoms with Gasteiger partial charge in [0.1, 0.15) is 0 Å². The summed E-state index contributed by atoms with van der Waals surface area (Å²) in [6.07, 6.45) is 0.893. The van der Waals surface area contributed by atoms with E-state index in [1.165, 1.54) is 0 Å². The third-order valence-corrected chi connectivity index (χ3v) is 3.95. The van der Waals surface area contributed by atoms with Crippen LogP contribution in [0.2, 0.25) is 5.02 Å². The van der Waals surface area contributed by atoms with Crippen LogP contribution in [-0.4, -0.2) is 16.5 Å². The van der Waals surface area contributed by atoms with Crippen molar-refractivity contribution < 1.29 is 4.39 Å². The molecule has 0 aliphatic heterocycles. The van der Waals surface area contributed by atoms with Crippen molar-refractivity contribution in [2.24, 2.45) is 0 Å². The third kappa shape index (κ3) is 3.27. The van der Waals surface area contributed by atoms with E-state index >= 15 is 0 Å². The SMILES string of the molecule is CCCNc1nc(-c2ccc(Cl)c(Br)c2)nc(C)c1F. The van der Waals surface area contributed by atoms with Gasteiger partial charge in [0, 0.05) is 16.6 Å². The van der Waals surface area contributed by atoms with Crippen LogP contribution < -0.4 is 5.32 Å². The molecule has 0 aliphatic carbocycles. The number of rotatable bonds is 4. The second kappa shape index (κ2) is 6.50. The summed E-state index contributed by atoms with van der Waals surface area (Å²) >= 11 is 9.32. The minimum absolute atomic E-state index is 0.237. The Bertz CT molecular complexity index is 634. The van der Waals surface area contributed by atoms with Crippen LogP contribution in [-0.2, 0) is 0 Å². The van der Waals surface area contributed by atoms with Gasteiger partial charge in [0.15, 0.2) is 17.5 Å². The molecule has 1 aromatic carbocycles. The van der Waals surface area contributed by atoms with E-state index in [9.17, 15) is 4.39 Å². The van der Waals surface area contributed by atoms with Crippen LogP contribution in [0.5, 0.6) is 0 Å². The molecule has 1 heterocycles. The second-order valence-electron chi connectivity index (χ2n) is 4.35. The fourth-order valence-corrected chi connectivity index (χ4v) is 2.18. The van der Waals surface area contributed by atoms with Crippen molar-refractivity contribution in [2.45, 2.75) is 20.3 Å². The van der Waals surface area contributed by atoms with Crippen molar-refractivity contribution in [1.82, 2.24) is 9.97 Å². The highest BCUT2D eigenvalue weighted by atomic mass is 79.9. The molecule has 0 spiro atoms. The van der Waals surface area contributed by atoms with Gasteiger partial charge in [0.05, 0.1) is 10.7 Å². The molecule has 0 fully saturated rings. The molecule has 3 nitrogen and oxygen atoms in total. The number of nitrogens with zero attached hydrogens (tertiary/aromatic N) is 2. The average molecular weight is 359 g/mol. The molecule has 0 atom stereocenters. The van der Waals surface area contributed by atoms with E-state index in [4.69, 9.17) is 11.6 Å². The summed E-state index contributed by atoms with van der Waals surface area (Å²) in [4.78, 5) is 8.44. The minimum Gasteiger partial charge on any atom is -0.368 e. The second-order valence-corrected chi connectivity index (χ2v) is 5.61. The first-order valence-corrected chi connectivity index (χ1v) is 7.43. The van der Waals surface area contributed by atoms with Gasteiger partial charge in [-0.3, -0.25) is 0 Å². The summed E-state index contributed by atoms with van der Waals surface area (Å²) in [5.74, 6) is 0.301. The third-order valence-electron chi connectivity index (χ3n) is 2.74. The van der Waals surface area contributed by atoms with Crippen molar-refractivity contribution >= 4 is 33.3 Å². The maximum atomic E-state index is 13.9. The maximum absolute atomic E-state index is 13.9. The van der Waals surface area contributed by atoms with E-state index in [1.807, 2.05) is 19.1 Å². The lowest BCUT2D eigenvalue weighted by Crippen LogP contribution is -2.08. The summed E-state index contributed by atoms with van der Waals surface area (Å²) in [6.45, 7) is 4.30. The quantitative estimate of drug-likeness (QED) is 0.850. The molecule has 1 N–H and O–H groups in total. The van der Waals surface area contributed by atoms with Gasteiger partial charge in [-0.05, 0) is 47.5 Å². The van der Waals surface area contributed by atoms with E-state index in [-0.39, 0.29) is 5.82 Å². The van der Waals surface area contributed by atoms with Crippen molar-refractivity contribution in [3.8, 4) is 11.4 Å². The van der Waals surface area contributed by atoms with Gasteiger partial charge < -0.3 is 5.32 Å². The Balaban J connectivity index is 2.45. The zero-order valence-electron chi connectivity index (χ0n) is 11.2. The molecular weight excluding hydrogens is 345 g/mol. The summed E-state index contributed by atoms with van der Waals surface area (Å²) in [7, 11) is 0. The van der Waals surface area contributed by atoms with Crippen LogP contribution in [0, 0.1) is 12.7 Å². The highest BCUT2D eigenvalue weighted by molar-refractivity contribution is 9.10. The number of anilines is 1. The van der Waals surface area contributed by atoms with Crippen molar-refractivity contribution in [1.29, 1.82) is 0 Å². The lowest BCUT2D eigenvalue weighted by Gasteiger charge is -2.10. The van der Waals surface area contributed by atoms with Crippen molar-refractivity contribution in [3.05, 3.63) is 39.2 Å². The van der Waals surface area contributed by atoms with Gasteiger partial charge in [-0.1, -0.05) is 18.5 Å². The molecule has 0 saturated heterocycles. The van der Waals surface area contributed by atoms with Crippen molar-refractivity contribution in [3.63, 3.8) is 0 Å². The number of nitrogens with one attached hydrogen (secondary N) is 1. The Kier molecular flexibility index (Phi) is 4.94. The Morgan fingerprint density at radius 3 is 2.75 bits per heavy atom. The number of halogens is 3. The molecule has 20 heavy (non-hydrogen) atoms. The molecule has 0 radical (unpaired) electrons. The standard InChI is InChI=1S/C14H14BrClFN3/c1-3-6-18-14-12(17)8(2)19-13(20-14)9-4-5-11(16)10(15)7-9/h4-5,7H,3,6H2,1-2H3,(H,18,19,20). The normalized spacial score (nSPS) is 10.7. The van der Waals surface area contributed by atoms with Gasteiger partial charge >= 0.3 is 0 Å². The monoisotopic (exact) mass is 357 g/mol. The zero-order valence-corrected chi connectivity index (χ0v) is 13.5. The molecular formula is C14H14BrClFN3.